The van der Waals surface area contributed by atoms with Gasteiger partial charge in [-0.05, 0) is 13.3 Å². The minimum absolute atomic E-state index is 0.102. The number of alkyl halides is 1. The molecular weight excluding hydrogens is 285 g/mol. The van der Waals surface area contributed by atoms with E-state index in [-0.39, 0.29) is 17.3 Å². The Labute approximate surface area is 126 Å². The molecule has 1 aliphatic heterocycles. The minimum Gasteiger partial charge on any atom is -0.270 e. The number of halogens is 1. The van der Waals surface area contributed by atoms with E-state index in [1.165, 1.54) is 0 Å². The first kappa shape index (κ1) is 12.5. The highest BCUT2D eigenvalue weighted by molar-refractivity contribution is 5.23. The second-order valence-corrected chi connectivity index (χ2v) is 7.03. The molecule has 2 bridgehead atoms. The zero-order valence-corrected chi connectivity index (χ0v) is 12.3. The summed E-state index contributed by atoms with van der Waals surface area (Å²) in [6.07, 6.45) is 6.29. The summed E-state index contributed by atoms with van der Waals surface area (Å²) in [5, 5.41) is 4.50. The van der Waals surface area contributed by atoms with Gasteiger partial charge in [0, 0.05) is 31.9 Å². The van der Waals surface area contributed by atoms with Crippen LogP contribution in [0.25, 0.3) is 0 Å². The van der Waals surface area contributed by atoms with E-state index in [2.05, 4.69) is 15.1 Å². The maximum atomic E-state index is 13.8. The van der Waals surface area contributed by atoms with Crippen molar-refractivity contribution in [1.29, 1.82) is 0 Å². The highest BCUT2D eigenvalue weighted by atomic mass is 19.1. The molecule has 114 valence electrons. The lowest BCUT2D eigenvalue weighted by atomic mass is 9.47. The van der Waals surface area contributed by atoms with Crippen LogP contribution < -0.4 is 5.69 Å². The standard InChI is InChI=1S/C15H16FN5O/c1-9-4-17-5-10(18-9)11-2-3-12-19-21(13(22)20(11)12)15-6-14(16,7-15)8-15/h4-5,11H,2-3,6-8H2,1H3/t11-,14?,15?/m0/s1. The Morgan fingerprint density at radius 3 is 2.77 bits per heavy atom. The smallest absolute Gasteiger partial charge is 0.270 e. The molecule has 3 saturated carbocycles. The zero-order valence-electron chi connectivity index (χ0n) is 12.3. The summed E-state index contributed by atoms with van der Waals surface area (Å²) in [5.74, 6) is 0.788. The van der Waals surface area contributed by atoms with E-state index in [0.717, 1.165) is 30.1 Å². The van der Waals surface area contributed by atoms with Crippen LogP contribution in [0.4, 0.5) is 4.39 Å². The van der Waals surface area contributed by atoms with Gasteiger partial charge in [-0.15, -0.1) is 0 Å². The molecule has 3 aliphatic carbocycles. The van der Waals surface area contributed by atoms with Crippen LogP contribution in [0.1, 0.15) is 48.9 Å². The van der Waals surface area contributed by atoms with E-state index in [1.807, 2.05) is 6.92 Å². The Bertz CT molecular complexity index is 834. The normalized spacial score (nSPS) is 34.9. The van der Waals surface area contributed by atoms with Gasteiger partial charge in [-0.1, -0.05) is 0 Å². The van der Waals surface area contributed by atoms with E-state index in [0.29, 0.717) is 19.3 Å². The van der Waals surface area contributed by atoms with E-state index in [9.17, 15) is 9.18 Å². The Morgan fingerprint density at radius 2 is 2.09 bits per heavy atom. The summed E-state index contributed by atoms with van der Waals surface area (Å²) < 4.78 is 17.0. The molecule has 4 aliphatic rings. The van der Waals surface area contributed by atoms with Crippen LogP contribution >= 0.6 is 0 Å². The second kappa shape index (κ2) is 3.64. The molecule has 7 heteroatoms. The van der Waals surface area contributed by atoms with Gasteiger partial charge in [0.05, 0.1) is 29.2 Å². The average molecular weight is 301 g/mol. The minimum atomic E-state index is -1.03. The summed E-state index contributed by atoms with van der Waals surface area (Å²) >= 11 is 0. The molecule has 1 atom stereocenters. The fourth-order valence-electron chi connectivity index (χ4n) is 4.37. The Kier molecular flexibility index (Phi) is 2.07. The molecule has 22 heavy (non-hydrogen) atoms. The Balaban J connectivity index is 1.58. The predicted molar refractivity (Wildman–Crippen MR) is 75.4 cm³/mol. The quantitative estimate of drug-likeness (QED) is 0.838. The molecule has 0 saturated heterocycles. The lowest BCUT2D eigenvalue weighted by Gasteiger charge is -2.64. The molecule has 3 fully saturated rings. The van der Waals surface area contributed by atoms with Crippen molar-refractivity contribution in [2.75, 3.05) is 0 Å². The van der Waals surface area contributed by atoms with Gasteiger partial charge in [-0.2, -0.15) is 5.10 Å². The molecule has 0 radical (unpaired) electrons. The van der Waals surface area contributed by atoms with E-state index in [4.69, 9.17) is 0 Å². The molecule has 6 rings (SSSR count). The van der Waals surface area contributed by atoms with Crippen LogP contribution in [0.5, 0.6) is 0 Å². The molecule has 3 heterocycles. The summed E-state index contributed by atoms with van der Waals surface area (Å²) in [6, 6.07) is -0.102. The number of aryl methyl sites for hydroxylation is 2. The van der Waals surface area contributed by atoms with Gasteiger partial charge >= 0.3 is 5.69 Å². The third kappa shape index (κ3) is 1.39. The van der Waals surface area contributed by atoms with Crippen molar-refractivity contribution < 1.29 is 4.39 Å². The van der Waals surface area contributed by atoms with Crippen molar-refractivity contribution in [1.82, 2.24) is 24.3 Å². The van der Waals surface area contributed by atoms with Crippen LogP contribution in [0, 0.1) is 6.92 Å². The number of hydrogen-bond donors (Lipinski definition) is 0. The third-order valence-corrected chi connectivity index (χ3v) is 5.34. The first-order chi connectivity index (χ1) is 10.5. The van der Waals surface area contributed by atoms with Gasteiger partial charge in [-0.25, -0.2) is 13.9 Å². The summed E-state index contributed by atoms with van der Waals surface area (Å²) in [6.45, 7) is 1.89. The highest BCUT2D eigenvalue weighted by Crippen LogP contribution is 2.66. The molecule has 0 N–H and O–H groups in total. The molecule has 6 nitrogen and oxygen atoms in total. The van der Waals surface area contributed by atoms with Gasteiger partial charge in [0.1, 0.15) is 11.5 Å². The fourth-order valence-corrected chi connectivity index (χ4v) is 4.37. The molecule has 2 aromatic heterocycles. The van der Waals surface area contributed by atoms with Crippen LogP contribution in [0.2, 0.25) is 0 Å². The van der Waals surface area contributed by atoms with Gasteiger partial charge in [-0.3, -0.25) is 14.5 Å². The van der Waals surface area contributed by atoms with Crippen molar-refractivity contribution in [3.8, 4) is 0 Å². The monoisotopic (exact) mass is 301 g/mol. The number of nitrogens with zero attached hydrogens (tertiary/aromatic N) is 5. The van der Waals surface area contributed by atoms with E-state index in [1.54, 1.807) is 21.6 Å². The molecule has 0 amide bonds. The Morgan fingerprint density at radius 1 is 1.32 bits per heavy atom. The van der Waals surface area contributed by atoms with Crippen LogP contribution in [-0.4, -0.2) is 30.0 Å². The summed E-state index contributed by atoms with van der Waals surface area (Å²) in [5.41, 5.74) is 0.133. The van der Waals surface area contributed by atoms with Gasteiger partial charge in [0.15, 0.2) is 0 Å². The zero-order chi connectivity index (χ0) is 15.1. The number of fused-ring (bicyclic) bond motifs is 1. The van der Waals surface area contributed by atoms with Crippen molar-refractivity contribution in [2.24, 2.45) is 0 Å². The van der Waals surface area contributed by atoms with Crippen molar-refractivity contribution in [3.63, 3.8) is 0 Å². The van der Waals surface area contributed by atoms with Crippen molar-refractivity contribution >= 4 is 0 Å². The van der Waals surface area contributed by atoms with Crippen molar-refractivity contribution in [2.45, 2.75) is 56.3 Å². The third-order valence-electron chi connectivity index (χ3n) is 5.34. The van der Waals surface area contributed by atoms with Gasteiger partial charge in [0.25, 0.3) is 0 Å². The van der Waals surface area contributed by atoms with Crippen LogP contribution in [0.3, 0.4) is 0 Å². The summed E-state index contributed by atoms with van der Waals surface area (Å²) in [4.78, 5) is 21.5. The van der Waals surface area contributed by atoms with E-state index >= 15 is 0 Å². The number of aromatic nitrogens is 5. The lowest BCUT2D eigenvalue weighted by Crippen LogP contribution is -2.72. The first-order valence-electron chi connectivity index (χ1n) is 7.68. The molecule has 0 spiro atoms. The lowest BCUT2D eigenvalue weighted by molar-refractivity contribution is -0.205. The van der Waals surface area contributed by atoms with Gasteiger partial charge in [0.2, 0.25) is 0 Å². The average Bonchev–Trinajstić information content (AvgIpc) is 2.95. The fraction of sp³-hybridized carbons (Fsp3) is 0.600. The SMILES string of the molecule is Cc1cncc([C@@H]2CCc3nn(C45CC(F)(C4)C5)c(=O)n32)n1. The van der Waals surface area contributed by atoms with Crippen LogP contribution in [0.15, 0.2) is 17.2 Å². The second-order valence-electron chi connectivity index (χ2n) is 7.03. The molecule has 0 aromatic carbocycles. The molecular formula is C15H16FN5O. The van der Waals surface area contributed by atoms with E-state index < -0.39 is 5.67 Å². The largest absolute Gasteiger partial charge is 0.347 e. The highest BCUT2D eigenvalue weighted by Gasteiger charge is 2.71. The topological polar surface area (TPSA) is 65.6 Å². The van der Waals surface area contributed by atoms with Crippen molar-refractivity contribution in [3.05, 3.63) is 40.1 Å². The molecule has 0 unspecified atom stereocenters. The first-order valence-corrected chi connectivity index (χ1v) is 7.68. The predicted octanol–water partition coefficient (Wildman–Crippen LogP) is 1.28. The molecule has 2 aromatic rings. The number of rotatable bonds is 2. The summed E-state index contributed by atoms with van der Waals surface area (Å²) in [7, 11) is 0. The maximum absolute atomic E-state index is 13.8. The maximum Gasteiger partial charge on any atom is 0.347 e. The van der Waals surface area contributed by atoms with Gasteiger partial charge < -0.3 is 0 Å². The Hall–Kier alpha value is -2.05. The number of hydrogen-bond acceptors (Lipinski definition) is 4. The van der Waals surface area contributed by atoms with Crippen LogP contribution in [-0.2, 0) is 12.0 Å².